The lowest BCUT2D eigenvalue weighted by Gasteiger charge is -2.43. The van der Waals surface area contributed by atoms with Gasteiger partial charge in [0.05, 0.1) is 7.11 Å². The molecule has 2 bridgehead atoms. The highest BCUT2D eigenvalue weighted by molar-refractivity contribution is 5.97. The maximum absolute atomic E-state index is 12.0. The lowest BCUT2D eigenvalue weighted by atomic mass is 9.60. The van der Waals surface area contributed by atoms with Gasteiger partial charge < -0.3 is 4.74 Å². The van der Waals surface area contributed by atoms with Gasteiger partial charge in [0, 0.05) is 17.4 Å². The number of carbonyl (C=O) groups excluding carboxylic acids is 1. The van der Waals surface area contributed by atoms with E-state index in [0.717, 1.165) is 18.6 Å². The fraction of sp³-hybridized carbons (Fsp3) is 0.750. The van der Waals surface area contributed by atoms with Gasteiger partial charge in [-0.1, -0.05) is 20.8 Å². The summed E-state index contributed by atoms with van der Waals surface area (Å²) in [6.45, 7) is 6.47. The zero-order valence-electron chi connectivity index (χ0n) is 9.39. The molecule has 0 aromatic rings. The molecular weight excluding hydrogens is 176 g/mol. The van der Waals surface area contributed by atoms with Crippen LogP contribution in [0.3, 0.4) is 0 Å². The van der Waals surface area contributed by atoms with Crippen molar-refractivity contribution in [3.63, 3.8) is 0 Å². The molecule has 0 aliphatic heterocycles. The molecule has 2 nitrogen and oxygen atoms in total. The fourth-order valence-electron chi connectivity index (χ4n) is 3.03. The van der Waals surface area contributed by atoms with Crippen molar-refractivity contribution in [2.75, 3.05) is 7.11 Å². The highest BCUT2D eigenvalue weighted by Crippen LogP contribution is 2.61. The van der Waals surface area contributed by atoms with Crippen LogP contribution in [-0.4, -0.2) is 12.9 Å². The first-order valence-electron chi connectivity index (χ1n) is 5.23. The summed E-state index contributed by atoms with van der Waals surface area (Å²) in [5, 5.41) is 0. The van der Waals surface area contributed by atoms with E-state index in [1.54, 1.807) is 13.2 Å². The van der Waals surface area contributed by atoms with Gasteiger partial charge in [0.1, 0.15) is 5.76 Å². The quantitative estimate of drug-likeness (QED) is 0.641. The molecule has 2 rings (SSSR count). The fourth-order valence-corrected chi connectivity index (χ4v) is 3.03. The van der Waals surface area contributed by atoms with Gasteiger partial charge in [-0.05, 0) is 18.3 Å². The average Bonchev–Trinajstić information content (AvgIpc) is 2.29. The van der Waals surface area contributed by atoms with Crippen LogP contribution >= 0.6 is 0 Å². The molecule has 0 radical (unpaired) electrons. The second-order valence-electron chi connectivity index (χ2n) is 5.26. The molecule has 0 spiro atoms. The Kier molecular flexibility index (Phi) is 1.82. The normalized spacial score (nSPS) is 39.6. The van der Waals surface area contributed by atoms with E-state index >= 15 is 0 Å². The minimum atomic E-state index is -0.167. The minimum absolute atomic E-state index is 0.0458. The van der Waals surface area contributed by atoms with E-state index in [2.05, 4.69) is 20.8 Å². The molecule has 2 heteroatoms. The maximum Gasteiger partial charge on any atom is 0.165 e. The van der Waals surface area contributed by atoms with E-state index in [1.807, 2.05) is 0 Å². The highest BCUT2D eigenvalue weighted by Gasteiger charge is 2.59. The lowest BCUT2D eigenvalue weighted by molar-refractivity contribution is -0.130. The van der Waals surface area contributed by atoms with E-state index in [-0.39, 0.29) is 16.6 Å². The molecule has 0 saturated heterocycles. The van der Waals surface area contributed by atoms with Gasteiger partial charge in [-0.3, -0.25) is 4.79 Å². The summed E-state index contributed by atoms with van der Waals surface area (Å²) in [7, 11) is 1.66. The highest BCUT2D eigenvalue weighted by atomic mass is 16.5. The van der Waals surface area contributed by atoms with Crippen LogP contribution in [0.25, 0.3) is 0 Å². The van der Waals surface area contributed by atoms with Gasteiger partial charge >= 0.3 is 0 Å². The molecule has 0 heterocycles. The van der Waals surface area contributed by atoms with Crippen LogP contribution in [0.1, 0.15) is 33.6 Å². The Hall–Kier alpha value is -0.790. The summed E-state index contributed by atoms with van der Waals surface area (Å²) in [5.74, 6) is 1.55. The van der Waals surface area contributed by atoms with Gasteiger partial charge in [0.15, 0.2) is 5.78 Å². The summed E-state index contributed by atoms with van der Waals surface area (Å²) in [4.78, 5) is 12.0. The molecule has 0 aromatic heterocycles. The summed E-state index contributed by atoms with van der Waals surface area (Å²) in [6.07, 6.45) is 3.78. The molecule has 14 heavy (non-hydrogen) atoms. The lowest BCUT2D eigenvalue weighted by Crippen LogP contribution is -2.43. The largest absolute Gasteiger partial charge is 0.501 e. The zero-order chi connectivity index (χ0) is 10.6. The van der Waals surface area contributed by atoms with Crippen molar-refractivity contribution in [1.82, 2.24) is 0 Å². The van der Waals surface area contributed by atoms with E-state index in [1.165, 1.54) is 0 Å². The van der Waals surface area contributed by atoms with Crippen LogP contribution in [0, 0.1) is 16.7 Å². The molecule has 0 unspecified atom stereocenters. The van der Waals surface area contributed by atoms with E-state index in [0.29, 0.717) is 5.92 Å². The molecule has 78 valence electrons. The second-order valence-corrected chi connectivity index (χ2v) is 5.26. The Morgan fingerprint density at radius 3 is 2.64 bits per heavy atom. The number of fused-ring (bicyclic) bond motifs is 2. The van der Waals surface area contributed by atoms with E-state index < -0.39 is 0 Å². The predicted molar refractivity (Wildman–Crippen MR) is 54.7 cm³/mol. The third-order valence-corrected chi connectivity index (χ3v) is 4.62. The van der Waals surface area contributed by atoms with Crippen molar-refractivity contribution < 1.29 is 9.53 Å². The molecule has 0 N–H and O–H groups in total. The molecule has 0 amide bonds. The first kappa shape index (κ1) is 9.75. The van der Waals surface area contributed by atoms with Crippen LogP contribution in [0.15, 0.2) is 11.8 Å². The number of ether oxygens (including phenoxy) is 1. The van der Waals surface area contributed by atoms with Crippen LogP contribution in [0.4, 0.5) is 0 Å². The standard InChI is InChI=1S/C12H18O2/c1-11(2)8-5-6-12(11,3)10(13)7-9(8)14-4/h7-8H,5-6H2,1-4H3/t8-,12+/m1/s1. The number of hydrogen-bond acceptors (Lipinski definition) is 2. The van der Waals surface area contributed by atoms with E-state index in [9.17, 15) is 4.79 Å². The topological polar surface area (TPSA) is 26.3 Å². The number of ketones is 1. The number of rotatable bonds is 1. The Balaban J connectivity index is 2.53. The van der Waals surface area contributed by atoms with Crippen LogP contribution < -0.4 is 0 Å². The summed E-state index contributed by atoms with van der Waals surface area (Å²) in [5.41, 5.74) is -0.121. The Morgan fingerprint density at radius 2 is 2.07 bits per heavy atom. The van der Waals surface area contributed by atoms with Crippen molar-refractivity contribution in [2.24, 2.45) is 16.7 Å². The van der Waals surface area contributed by atoms with Crippen LogP contribution in [0.2, 0.25) is 0 Å². The van der Waals surface area contributed by atoms with E-state index in [4.69, 9.17) is 4.74 Å². The number of methoxy groups -OCH3 is 1. The second kappa shape index (κ2) is 2.62. The van der Waals surface area contributed by atoms with Gasteiger partial charge in [-0.25, -0.2) is 0 Å². The van der Waals surface area contributed by atoms with Gasteiger partial charge in [0.2, 0.25) is 0 Å². The number of hydrogen-bond donors (Lipinski definition) is 0. The Bertz CT molecular complexity index is 314. The predicted octanol–water partition coefficient (Wildman–Crippen LogP) is 2.54. The molecule has 1 saturated carbocycles. The van der Waals surface area contributed by atoms with Crippen LogP contribution in [-0.2, 0) is 9.53 Å². The van der Waals surface area contributed by atoms with Crippen molar-refractivity contribution in [1.29, 1.82) is 0 Å². The van der Waals surface area contributed by atoms with Crippen molar-refractivity contribution in [3.05, 3.63) is 11.8 Å². The number of carbonyl (C=O) groups is 1. The van der Waals surface area contributed by atoms with Gasteiger partial charge in [-0.15, -0.1) is 0 Å². The Labute approximate surface area is 85.3 Å². The summed E-state index contributed by atoms with van der Waals surface area (Å²) >= 11 is 0. The molecule has 2 aliphatic rings. The first-order chi connectivity index (χ1) is 6.43. The summed E-state index contributed by atoms with van der Waals surface area (Å²) < 4.78 is 5.31. The smallest absolute Gasteiger partial charge is 0.165 e. The minimum Gasteiger partial charge on any atom is -0.501 e. The first-order valence-corrected chi connectivity index (χ1v) is 5.23. The number of allylic oxidation sites excluding steroid dienone is 2. The third-order valence-electron chi connectivity index (χ3n) is 4.62. The van der Waals surface area contributed by atoms with Crippen molar-refractivity contribution in [2.45, 2.75) is 33.6 Å². The molecule has 2 aliphatic carbocycles. The van der Waals surface area contributed by atoms with Crippen molar-refractivity contribution >= 4 is 5.78 Å². The SMILES string of the molecule is COC1=CC(=O)[C@]2(C)CC[C@H]1C2(C)C. The van der Waals surface area contributed by atoms with Crippen molar-refractivity contribution in [3.8, 4) is 0 Å². The molecule has 2 atom stereocenters. The molecule has 1 fully saturated rings. The summed E-state index contributed by atoms with van der Waals surface area (Å²) in [6, 6.07) is 0. The third kappa shape index (κ3) is 0.891. The van der Waals surface area contributed by atoms with Gasteiger partial charge in [-0.2, -0.15) is 0 Å². The zero-order valence-corrected chi connectivity index (χ0v) is 9.39. The Morgan fingerprint density at radius 1 is 1.43 bits per heavy atom. The molecular formula is C12H18O2. The van der Waals surface area contributed by atoms with Gasteiger partial charge in [0.25, 0.3) is 0 Å². The van der Waals surface area contributed by atoms with Crippen LogP contribution in [0.5, 0.6) is 0 Å². The molecule has 0 aromatic carbocycles. The average molecular weight is 194 g/mol. The monoisotopic (exact) mass is 194 g/mol. The maximum atomic E-state index is 12.0.